The number of hydrogen-bond acceptors (Lipinski definition) is 5. The lowest BCUT2D eigenvalue weighted by atomic mass is 10.2. The standard InChI is InChI=1S/C21H23N7O/c1-15-13-16(2)27(24-15)20-10-9-18-22-23-19(28(18)25-20)11-12-21(29)26(3)14-17-7-5-4-6-8-17/h4-10,13H,11-12,14H2,1-3H3. The number of aromatic nitrogens is 6. The number of benzene rings is 1. The molecule has 0 bridgehead atoms. The van der Waals surface area contributed by atoms with Crippen LogP contribution >= 0.6 is 0 Å². The number of fused-ring (bicyclic) bond motifs is 1. The summed E-state index contributed by atoms with van der Waals surface area (Å²) in [5, 5.41) is 17.5. The highest BCUT2D eigenvalue weighted by Crippen LogP contribution is 2.12. The van der Waals surface area contributed by atoms with Crippen LogP contribution in [0.1, 0.15) is 29.2 Å². The zero-order valence-electron chi connectivity index (χ0n) is 16.8. The predicted molar refractivity (Wildman–Crippen MR) is 109 cm³/mol. The van der Waals surface area contributed by atoms with Crippen LogP contribution in [-0.4, -0.2) is 47.4 Å². The van der Waals surface area contributed by atoms with E-state index in [1.165, 1.54) is 0 Å². The number of carbonyl (C=O) groups excluding carboxylic acids is 1. The van der Waals surface area contributed by atoms with Crippen LogP contribution in [0.4, 0.5) is 0 Å². The Morgan fingerprint density at radius 1 is 1.03 bits per heavy atom. The van der Waals surface area contributed by atoms with Gasteiger partial charge in [0.1, 0.15) is 0 Å². The first kappa shape index (κ1) is 18.8. The molecule has 1 aromatic carbocycles. The lowest BCUT2D eigenvalue weighted by molar-refractivity contribution is -0.130. The highest BCUT2D eigenvalue weighted by Gasteiger charge is 2.14. The summed E-state index contributed by atoms with van der Waals surface area (Å²) in [4.78, 5) is 14.3. The van der Waals surface area contributed by atoms with Gasteiger partial charge in [-0.2, -0.15) is 9.61 Å². The maximum Gasteiger partial charge on any atom is 0.223 e. The normalized spacial score (nSPS) is 11.1. The third-order valence-electron chi connectivity index (χ3n) is 4.79. The first-order valence-corrected chi connectivity index (χ1v) is 9.54. The zero-order chi connectivity index (χ0) is 20.4. The number of rotatable bonds is 6. The van der Waals surface area contributed by atoms with E-state index in [1.807, 2.05) is 69.4 Å². The summed E-state index contributed by atoms with van der Waals surface area (Å²) in [6, 6.07) is 15.7. The molecule has 0 atom stereocenters. The highest BCUT2D eigenvalue weighted by molar-refractivity contribution is 5.76. The van der Waals surface area contributed by atoms with E-state index in [0.29, 0.717) is 36.7 Å². The van der Waals surface area contributed by atoms with E-state index in [2.05, 4.69) is 20.4 Å². The van der Waals surface area contributed by atoms with Gasteiger partial charge < -0.3 is 4.90 Å². The molecule has 4 aromatic rings. The van der Waals surface area contributed by atoms with Crippen molar-refractivity contribution in [1.82, 2.24) is 34.5 Å². The SMILES string of the molecule is Cc1cc(C)n(-c2ccc3nnc(CCC(=O)N(C)Cc4ccccc4)n3n2)n1. The Kier molecular flexibility index (Phi) is 5.07. The zero-order valence-corrected chi connectivity index (χ0v) is 16.8. The molecule has 3 aromatic heterocycles. The maximum absolute atomic E-state index is 12.5. The molecule has 3 heterocycles. The first-order chi connectivity index (χ1) is 14.0. The molecule has 4 rings (SSSR count). The van der Waals surface area contributed by atoms with Crippen LogP contribution in [0.5, 0.6) is 0 Å². The fourth-order valence-electron chi connectivity index (χ4n) is 3.31. The summed E-state index contributed by atoms with van der Waals surface area (Å²) in [6.07, 6.45) is 0.808. The van der Waals surface area contributed by atoms with Crippen molar-refractivity contribution in [3.05, 3.63) is 71.3 Å². The fraction of sp³-hybridized carbons (Fsp3) is 0.286. The van der Waals surface area contributed by atoms with Crippen LogP contribution in [0.2, 0.25) is 0 Å². The molecule has 0 spiro atoms. The fourth-order valence-corrected chi connectivity index (χ4v) is 3.31. The summed E-state index contributed by atoms with van der Waals surface area (Å²) < 4.78 is 3.48. The van der Waals surface area contributed by atoms with Gasteiger partial charge in [0.25, 0.3) is 0 Å². The van der Waals surface area contributed by atoms with E-state index < -0.39 is 0 Å². The minimum absolute atomic E-state index is 0.0558. The van der Waals surface area contributed by atoms with Crippen molar-refractivity contribution in [2.45, 2.75) is 33.2 Å². The van der Waals surface area contributed by atoms with Crippen LogP contribution in [0.25, 0.3) is 11.5 Å². The van der Waals surface area contributed by atoms with Gasteiger partial charge in [-0.3, -0.25) is 4.79 Å². The molecule has 0 aliphatic carbocycles. The molecule has 29 heavy (non-hydrogen) atoms. The topological polar surface area (TPSA) is 81.2 Å². The van der Waals surface area contributed by atoms with Crippen LogP contribution in [-0.2, 0) is 17.8 Å². The molecule has 0 aliphatic heterocycles. The molecule has 0 radical (unpaired) electrons. The second-order valence-electron chi connectivity index (χ2n) is 7.15. The van der Waals surface area contributed by atoms with Crippen LogP contribution in [0.3, 0.4) is 0 Å². The molecule has 0 fully saturated rings. The third-order valence-corrected chi connectivity index (χ3v) is 4.79. The molecule has 0 N–H and O–H groups in total. The van der Waals surface area contributed by atoms with Gasteiger partial charge in [0.15, 0.2) is 17.3 Å². The van der Waals surface area contributed by atoms with Crippen LogP contribution in [0.15, 0.2) is 48.5 Å². The molecule has 148 valence electrons. The van der Waals surface area contributed by atoms with Crippen molar-refractivity contribution in [2.24, 2.45) is 0 Å². The minimum atomic E-state index is 0.0558. The lowest BCUT2D eigenvalue weighted by Gasteiger charge is -2.17. The van der Waals surface area contributed by atoms with Crippen LogP contribution < -0.4 is 0 Å². The molecular formula is C21H23N7O. The monoisotopic (exact) mass is 389 g/mol. The summed E-state index contributed by atoms with van der Waals surface area (Å²) in [5.74, 6) is 1.40. The molecule has 8 heteroatoms. The largest absolute Gasteiger partial charge is 0.341 e. The second-order valence-corrected chi connectivity index (χ2v) is 7.15. The Hall–Kier alpha value is -3.55. The molecule has 8 nitrogen and oxygen atoms in total. The summed E-state index contributed by atoms with van der Waals surface area (Å²) >= 11 is 0. The average Bonchev–Trinajstić information content (AvgIpc) is 3.28. The van der Waals surface area contributed by atoms with Gasteiger partial charge in [-0.1, -0.05) is 30.3 Å². The van der Waals surface area contributed by atoms with E-state index in [4.69, 9.17) is 0 Å². The quantitative estimate of drug-likeness (QED) is 0.506. The number of aryl methyl sites for hydroxylation is 3. The second kappa shape index (κ2) is 7.83. The van der Waals surface area contributed by atoms with Gasteiger partial charge in [-0.05, 0) is 37.6 Å². The van der Waals surface area contributed by atoms with Gasteiger partial charge in [-0.15, -0.1) is 15.3 Å². The minimum Gasteiger partial charge on any atom is -0.341 e. The number of hydrogen-bond donors (Lipinski definition) is 0. The highest BCUT2D eigenvalue weighted by atomic mass is 16.2. The predicted octanol–water partition coefficient (Wildman–Crippen LogP) is 2.52. The third kappa shape index (κ3) is 4.01. The van der Waals surface area contributed by atoms with Gasteiger partial charge in [0.05, 0.1) is 5.69 Å². The Morgan fingerprint density at radius 2 is 1.83 bits per heavy atom. The average molecular weight is 389 g/mol. The van der Waals surface area contributed by atoms with Crippen molar-refractivity contribution in [1.29, 1.82) is 0 Å². The first-order valence-electron chi connectivity index (χ1n) is 9.54. The molecule has 0 unspecified atom stereocenters. The Bertz CT molecular complexity index is 1150. The maximum atomic E-state index is 12.5. The van der Waals surface area contributed by atoms with Gasteiger partial charge in [0.2, 0.25) is 5.91 Å². The van der Waals surface area contributed by atoms with Gasteiger partial charge in [0, 0.05) is 32.1 Å². The van der Waals surface area contributed by atoms with E-state index in [1.54, 1.807) is 14.1 Å². The summed E-state index contributed by atoms with van der Waals surface area (Å²) in [5.41, 5.74) is 3.69. The number of nitrogens with zero attached hydrogens (tertiary/aromatic N) is 7. The van der Waals surface area contributed by atoms with Gasteiger partial charge in [-0.25, -0.2) is 4.68 Å². The molecule has 1 amide bonds. The Labute approximate surface area is 168 Å². The van der Waals surface area contributed by atoms with Gasteiger partial charge >= 0.3 is 0 Å². The van der Waals surface area contributed by atoms with E-state index >= 15 is 0 Å². The van der Waals surface area contributed by atoms with E-state index in [-0.39, 0.29) is 5.91 Å². The van der Waals surface area contributed by atoms with Crippen molar-refractivity contribution >= 4 is 11.6 Å². The number of amides is 1. The van der Waals surface area contributed by atoms with E-state index in [0.717, 1.165) is 17.0 Å². The van der Waals surface area contributed by atoms with Crippen molar-refractivity contribution in [2.75, 3.05) is 7.05 Å². The Morgan fingerprint density at radius 3 is 2.55 bits per heavy atom. The summed E-state index contributed by atoms with van der Waals surface area (Å²) in [6.45, 7) is 4.52. The molecule has 0 saturated carbocycles. The summed E-state index contributed by atoms with van der Waals surface area (Å²) in [7, 11) is 1.82. The van der Waals surface area contributed by atoms with E-state index in [9.17, 15) is 4.79 Å². The number of carbonyl (C=O) groups is 1. The molecule has 0 aliphatic rings. The van der Waals surface area contributed by atoms with Crippen molar-refractivity contribution < 1.29 is 4.79 Å². The smallest absolute Gasteiger partial charge is 0.223 e. The molecule has 0 saturated heterocycles. The Balaban J connectivity index is 1.48. The lowest BCUT2D eigenvalue weighted by Crippen LogP contribution is -2.26. The van der Waals surface area contributed by atoms with Crippen LogP contribution in [0, 0.1) is 13.8 Å². The van der Waals surface area contributed by atoms with Crippen molar-refractivity contribution in [3.63, 3.8) is 0 Å². The van der Waals surface area contributed by atoms with Crippen molar-refractivity contribution in [3.8, 4) is 5.82 Å². The molecular weight excluding hydrogens is 366 g/mol.